The molecule has 0 spiro atoms. The first kappa shape index (κ1) is 14.1. The molecule has 2 rings (SSSR count). The van der Waals surface area contributed by atoms with Gasteiger partial charge in [0.25, 0.3) is 0 Å². The number of amides is 1. The lowest BCUT2D eigenvalue weighted by Crippen LogP contribution is -2.46. The van der Waals surface area contributed by atoms with Crippen LogP contribution in [0.1, 0.15) is 37.7 Å². The van der Waals surface area contributed by atoms with E-state index in [0.717, 1.165) is 39.0 Å². The van der Waals surface area contributed by atoms with Crippen LogP contribution < -0.4 is 5.32 Å². The molecule has 1 aromatic carbocycles. The Bertz CT molecular complexity index is 385. The van der Waals surface area contributed by atoms with E-state index in [-0.39, 0.29) is 0 Å². The van der Waals surface area contributed by atoms with Gasteiger partial charge in [0.05, 0.1) is 0 Å². The zero-order chi connectivity index (χ0) is 13.5. The molecule has 1 aromatic rings. The van der Waals surface area contributed by atoms with Crippen LogP contribution in [0, 0.1) is 0 Å². The Labute approximate surface area is 116 Å². The van der Waals surface area contributed by atoms with Crippen molar-refractivity contribution in [3.63, 3.8) is 0 Å². The molecule has 0 radical (unpaired) electrons. The summed E-state index contributed by atoms with van der Waals surface area (Å²) in [6, 6.07) is 10.4. The molecule has 1 heterocycles. The van der Waals surface area contributed by atoms with Crippen LogP contribution >= 0.6 is 0 Å². The minimum absolute atomic E-state index is 0.309. The van der Waals surface area contributed by atoms with Gasteiger partial charge in [-0.2, -0.15) is 0 Å². The lowest BCUT2D eigenvalue weighted by molar-refractivity contribution is -0.132. The molecule has 1 saturated heterocycles. The maximum absolute atomic E-state index is 12.4. The second-order valence-corrected chi connectivity index (χ2v) is 5.23. The van der Waals surface area contributed by atoms with Crippen molar-refractivity contribution in [2.24, 2.45) is 0 Å². The molecule has 104 valence electrons. The molecular formula is C16H24N2O. The first-order chi connectivity index (χ1) is 9.31. The highest BCUT2D eigenvalue weighted by Gasteiger charge is 2.21. The number of benzene rings is 1. The van der Waals surface area contributed by atoms with Gasteiger partial charge in [-0.05, 0) is 17.9 Å². The average Bonchev–Trinajstić information content (AvgIpc) is 2.48. The maximum atomic E-state index is 12.4. The molecule has 0 aromatic heterocycles. The Morgan fingerprint density at radius 3 is 2.58 bits per heavy atom. The monoisotopic (exact) mass is 260 g/mol. The van der Waals surface area contributed by atoms with Gasteiger partial charge in [-0.15, -0.1) is 0 Å². The Morgan fingerprint density at radius 2 is 1.95 bits per heavy atom. The fraction of sp³-hybridized carbons (Fsp3) is 0.562. The van der Waals surface area contributed by atoms with Gasteiger partial charge >= 0.3 is 0 Å². The SMILES string of the molecule is CCCC(CC(=O)N1CCNCC1)c1ccccc1. The van der Waals surface area contributed by atoms with E-state index in [9.17, 15) is 4.79 Å². The molecule has 1 atom stereocenters. The molecule has 0 bridgehead atoms. The van der Waals surface area contributed by atoms with Gasteiger partial charge in [-0.1, -0.05) is 43.7 Å². The number of rotatable bonds is 5. The van der Waals surface area contributed by atoms with E-state index in [2.05, 4.69) is 36.5 Å². The number of carbonyl (C=O) groups is 1. The van der Waals surface area contributed by atoms with Gasteiger partial charge < -0.3 is 10.2 Å². The molecule has 0 saturated carbocycles. The molecule has 1 unspecified atom stereocenters. The fourth-order valence-electron chi connectivity index (χ4n) is 2.71. The highest BCUT2D eigenvalue weighted by Crippen LogP contribution is 2.25. The molecule has 1 aliphatic heterocycles. The van der Waals surface area contributed by atoms with E-state index >= 15 is 0 Å². The maximum Gasteiger partial charge on any atom is 0.223 e. The van der Waals surface area contributed by atoms with Gasteiger partial charge in [0.2, 0.25) is 5.91 Å². The van der Waals surface area contributed by atoms with Crippen LogP contribution in [-0.4, -0.2) is 37.0 Å². The third-order valence-corrected chi connectivity index (χ3v) is 3.80. The number of nitrogens with one attached hydrogen (secondary N) is 1. The second kappa shape index (κ2) is 7.29. The second-order valence-electron chi connectivity index (χ2n) is 5.23. The zero-order valence-electron chi connectivity index (χ0n) is 11.8. The minimum atomic E-state index is 0.309. The summed E-state index contributed by atoms with van der Waals surface area (Å²) >= 11 is 0. The van der Waals surface area contributed by atoms with Gasteiger partial charge in [0.15, 0.2) is 0 Å². The van der Waals surface area contributed by atoms with Crippen LogP contribution in [0.3, 0.4) is 0 Å². The van der Waals surface area contributed by atoms with Gasteiger partial charge in [-0.25, -0.2) is 0 Å². The highest BCUT2D eigenvalue weighted by atomic mass is 16.2. The highest BCUT2D eigenvalue weighted by molar-refractivity contribution is 5.77. The van der Waals surface area contributed by atoms with E-state index in [1.54, 1.807) is 0 Å². The molecular weight excluding hydrogens is 236 g/mol. The van der Waals surface area contributed by atoms with Gasteiger partial charge in [-0.3, -0.25) is 4.79 Å². The third kappa shape index (κ3) is 4.06. The topological polar surface area (TPSA) is 32.3 Å². The van der Waals surface area contributed by atoms with Crippen LogP contribution in [-0.2, 0) is 4.79 Å². The smallest absolute Gasteiger partial charge is 0.223 e. The average molecular weight is 260 g/mol. The molecule has 1 amide bonds. The predicted molar refractivity (Wildman–Crippen MR) is 78.2 cm³/mol. The van der Waals surface area contributed by atoms with E-state index in [1.807, 2.05) is 11.0 Å². The van der Waals surface area contributed by atoms with E-state index in [0.29, 0.717) is 18.2 Å². The zero-order valence-corrected chi connectivity index (χ0v) is 11.8. The van der Waals surface area contributed by atoms with Crippen LogP contribution in [0.15, 0.2) is 30.3 Å². The van der Waals surface area contributed by atoms with Crippen LogP contribution in [0.2, 0.25) is 0 Å². The van der Waals surface area contributed by atoms with Crippen molar-refractivity contribution >= 4 is 5.91 Å². The number of hydrogen-bond donors (Lipinski definition) is 1. The van der Waals surface area contributed by atoms with Crippen LogP contribution in [0.5, 0.6) is 0 Å². The third-order valence-electron chi connectivity index (χ3n) is 3.80. The normalized spacial score (nSPS) is 17.2. The standard InChI is InChI=1S/C16H24N2O/c1-2-6-15(14-7-4-3-5-8-14)13-16(19)18-11-9-17-10-12-18/h3-5,7-8,15,17H,2,6,9-13H2,1H3. The molecule has 19 heavy (non-hydrogen) atoms. The number of hydrogen-bond acceptors (Lipinski definition) is 2. The van der Waals surface area contributed by atoms with Crippen molar-refractivity contribution in [3.8, 4) is 0 Å². The summed E-state index contributed by atoms with van der Waals surface area (Å²) in [5.74, 6) is 0.678. The summed E-state index contributed by atoms with van der Waals surface area (Å²) in [7, 11) is 0. The van der Waals surface area contributed by atoms with E-state index < -0.39 is 0 Å². The van der Waals surface area contributed by atoms with Crippen LogP contribution in [0.25, 0.3) is 0 Å². The van der Waals surface area contributed by atoms with E-state index in [4.69, 9.17) is 0 Å². The summed E-state index contributed by atoms with van der Waals surface area (Å²) < 4.78 is 0. The Morgan fingerprint density at radius 1 is 1.26 bits per heavy atom. The Hall–Kier alpha value is -1.35. The van der Waals surface area contributed by atoms with Gasteiger partial charge in [0.1, 0.15) is 0 Å². The van der Waals surface area contributed by atoms with Crippen molar-refractivity contribution in [1.82, 2.24) is 10.2 Å². The quantitative estimate of drug-likeness (QED) is 0.881. The summed E-state index contributed by atoms with van der Waals surface area (Å²) in [5, 5.41) is 3.29. The molecule has 1 aliphatic rings. The van der Waals surface area contributed by atoms with Crippen molar-refractivity contribution in [1.29, 1.82) is 0 Å². The van der Waals surface area contributed by atoms with Crippen LogP contribution in [0.4, 0.5) is 0 Å². The summed E-state index contributed by atoms with van der Waals surface area (Å²) in [5.41, 5.74) is 1.30. The molecule has 3 nitrogen and oxygen atoms in total. The first-order valence-electron chi connectivity index (χ1n) is 7.34. The van der Waals surface area contributed by atoms with Crippen molar-refractivity contribution < 1.29 is 4.79 Å². The van der Waals surface area contributed by atoms with Crippen molar-refractivity contribution in [2.75, 3.05) is 26.2 Å². The largest absolute Gasteiger partial charge is 0.340 e. The first-order valence-corrected chi connectivity index (χ1v) is 7.34. The molecule has 1 fully saturated rings. The number of nitrogens with zero attached hydrogens (tertiary/aromatic N) is 1. The van der Waals surface area contributed by atoms with Gasteiger partial charge in [0, 0.05) is 32.6 Å². The molecule has 3 heteroatoms. The molecule has 0 aliphatic carbocycles. The summed E-state index contributed by atoms with van der Waals surface area (Å²) in [6.07, 6.45) is 2.86. The Balaban J connectivity index is 1.98. The lowest BCUT2D eigenvalue weighted by Gasteiger charge is -2.29. The predicted octanol–water partition coefficient (Wildman–Crippen LogP) is 2.39. The number of carbonyl (C=O) groups excluding carboxylic acids is 1. The lowest BCUT2D eigenvalue weighted by atomic mass is 9.91. The van der Waals surface area contributed by atoms with Crippen molar-refractivity contribution in [2.45, 2.75) is 32.1 Å². The number of piperazine rings is 1. The summed E-state index contributed by atoms with van der Waals surface area (Å²) in [4.78, 5) is 14.4. The Kier molecular flexibility index (Phi) is 5.40. The van der Waals surface area contributed by atoms with Crippen molar-refractivity contribution in [3.05, 3.63) is 35.9 Å². The summed E-state index contributed by atoms with van der Waals surface area (Å²) in [6.45, 7) is 5.75. The molecule has 1 N–H and O–H groups in total. The fourth-order valence-corrected chi connectivity index (χ4v) is 2.71. The minimum Gasteiger partial charge on any atom is -0.340 e. The van der Waals surface area contributed by atoms with E-state index in [1.165, 1.54) is 5.56 Å².